The summed E-state index contributed by atoms with van der Waals surface area (Å²) in [6.45, 7) is 3.49. The Balaban J connectivity index is 3.18. The first-order valence-electron chi connectivity index (χ1n) is 5.86. The number of hydrogen-bond acceptors (Lipinski definition) is 3. The van der Waals surface area contributed by atoms with Crippen LogP contribution in [0.4, 0.5) is 13.2 Å². The highest BCUT2D eigenvalue weighted by Gasteiger charge is 2.36. The van der Waals surface area contributed by atoms with Gasteiger partial charge in [0.25, 0.3) is 5.91 Å². The number of amides is 1. The number of nitrogens with zero attached hydrogens (tertiary/aromatic N) is 1. The van der Waals surface area contributed by atoms with Crippen LogP contribution in [0.3, 0.4) is 0 Å². The minimum Gasteiger partial charge on any atom is -0.468 e. The molecule has 1 aromatic heterocycles. The van der Waals surface area contributed by atoms with E-state index in [1.54, 1.807) is 6.07 Å². The second-order valence-electron chi connectivity index (χ2n) is 4.04. The molecule has 20 heavy (non-hydrogen) atoms. The first kappa shape index (κ1) is 15.8. The number of halogens is 3. The van der Waals surface area contributed by atoms with E-state index in [1.807, 2.05) is 6.92 Å². The van der Waals surface area contributed by atoms with Gasteiger partial charge in [0.1, 0.15) is 29.2 Å². The highest BCUT2D eigenvalue weighted by Crippen LogP contribution is 2.35. The standard InChI is InChI=1S/C13H13F3N2O2/c1-3-4-18-12(19)9(6-17)5-10-8(2)20-7-11(10)13(14,15)16/h5,7H,3-4H2,1-2H3,(H,18,19)/b9-5+. The molecule has 0 unspecified atom stereocenters. The SMILES string of the molecule is CCCNC(=O)/C(C#N)=C/c1c(C(F)(F)F)coc1C. The lowest BCUT2D eigenvalue weighted by molar-refractivity contribution is -0.138. The van der Waals surface area contributed by atoms with Gasteiger partial charge < -0.3 is 9.73 Å². The van der Waals surface area contributed by atoms with Gasteiger partial charge in [-0.3, -0.25) is 4.79 Å². The van der Waals surface area contributed by atoms with E-state index in [1.165, 1.54) is 6.92 Å². The zero-order valence-corrected chi connectivity index (χ0v) is 11.0. The van der Waals surface area contributed by atoms with E-state index >= 15 is 0 Å². The lowest BCUT2D eigenvalue weighted by Gasteiger charge is -2.05. The van der Waals surface area contributed by atoms with Gasteiger partial charge in [-0.05, 0) is 19.4 Å². The number of carbonyl (C=O) groups is 1. The van der Waals surface area contributed by atoms with Gasteiger partial charge in [0.15, 0.2) is 0 Å². The average molecular weight is 286 g/mol. The Kier molecular flexibility index (Phi) is 4.97. The zero-order valence-electron chi connectivity index (χ0n) is 11.0. The van der Waals surface area contributed by atoms with Gasteiger partial charge in [0, 0.05) is 12.1 Å². The third-order valence-corrected chi connectivity index (χ3v) is 2.52. The Hall–Kier alpha value is -2.23. The predicted molar refractivity (Wildman–Crippen MR) is 65.3 cm³/mol. The quantitative estimate of drug-likeness (QED) is 0.683. The average Bonchev–Trinajstić information content (AvgIpc) is 2.74. The molecule has 0 aromatic carbocycles. The molecule has 1 amide bonds. The molecule has 0 radical (unpaired) electrons. The number of furan rings is 1. The third kappa shape index (κ3) is 3.63. The first-order valence-corrected chi connectivity index (χ1v) is 5.86. The second kappa shape index (κ2) is 6.28. The summed E-state index contributed by atoms with van der Waals surface area (Å²) in [6, 6.07) is 1.59. The molecule has 0 aliphatic rings. The predicted octanol–water partition coefficient (Wildman–Crippen LogP) is 3.04. The smallest absolute Gasteiger partial charge is 0.420 e. The summed E-state index contributed by atoms with van der Waals surface area (Å²) in [7, 11) is 0. The van der Waals surface area contributed by atoms with E-state index in [9.17, 15) is 18.0 Å². The summed E-state index contributed by atoms with van der Waals surface area (Å²) >= 11 is 0. The summed E-state index contributed by atoms with van der Waals surface area (Å²) < 4.78 is 43.0. The van der Waals surface area contributed by atoms with Crippen molar-refractivity contribution in [2.45, 2.75) is 26.4 Å². The monoisotopic (exact) mass is 286 g/mol. The fourth-order valence-electron chi connectivity index (χ4n) is 1.49. The molecule has 108 valence electrons. The minimum atomic E-state index is -4.61. The van der Waals surface area contributed by atoms with E-state index in [0.717, 1.165) is 6.08 Å². The van der Waals surface area contributed by atoms with Crippen molar-refractivity contribution in [2.75, 3.05) is 6.54 Å². The number of rotatable bonds is 4. The molecule has 7 heteroatoms. The maximum Gasteiger partial charge on any atom is 0.420 e. The van der Waals surface area contributed by atoms with Crippen LogP contribution in [0.15, 0.2) is 16.3 Å². The van der Waals surface area contributed by atoms with Crippen molar-refractivity contribution in [2.24, 2.45) is 0 Å². The van der Waals surface area contributed by atoms with Crippen LogP contribution in [0.5, 0.6) is 0 Å². The van der Waals surface area contributed by atoms with Crippen molar-refractivity contribution in [3.8, 4) is 6.07 Å². The van der Waals surface area contributed by atoms with E-state index in [0.29, 0.717) is 19.2 Å². The van der Waals surface area contributed by atoms with Crippen molar-refractivity contribution in [3.05, 3.63) is 28.7 Å². The second-order valence-corrected chi connectivity index (χ2v) is 4.04. The number of nitriles is 1. The van der Waals surface area contributed by atoms with Gasteiger partial charge in [-0.25, -0.2) is 0 Å². The lowest BCUT2D eigenvalue weighted by atomic mass is 10.1. The molecule has 0 aliphatic carbocycles. The molecular weight excluding hydrogens is 273 g/mol. The van der Waals surface area contributed by atoms with Crippen LogP contribution in [0, 0.1) is 18.3 Å². The zero-order chi connectivity index (χ0) is 15.3. The summed E-state index contributed by atoms with van der Waals surface area (Å²) in [4.78, 5) is 11.6. The first-order chi connectivity index (χ1) is 9.31. The topological polar surface area (TPSA) is 66.0 Å². The van der Waals surface area contributed by atoms with E-state index < -0.39 is 23.2 Å². The van der Waals surface area contributed by atoms with E-state index in [2.05, 4.69) is 5.32 Å². The Morgan fingerprint density at radius 2 is 2.20 bits per heavy atom. The molecule has 4 nitrogen and oxygen atoms in total. The molecule has 1 heterocycles. The maximum absolute atomic E-state index is 12.7. The van der Waals surface area contributed by atoms with E-state index in [-0.39, 0.29) is 11.3 Å². The minimum absolute atomic E-state index is 0.00614. The third-order valence-electron chi connectivity index (χ3n) is 2.52. The van der Waals surface area contributed by atoms with Crippen molar-refractivity contribution in [3.63, 3.8) is 0 Å². The summed E-state index contributed by atoms with van der Waals surface area (Å²) in [6.07, 6.45) is -2.49. The van der Waals surface area contributed by atoms with Crippen LogP contribution in [-0.4, -0.2) is 12.5 Å². The van der Waals surface area contributed by atoms with Crippen LogP contribution in [0.25, 0.3) is 6.08 Å². The molecule has 0 aliphatic heterocycles. The molecule has 0 saturated carbocycles. The van der Waals surface area contributed by atoms with Crippen molar-refractivity contribution >= 4 is 12.0 Å². The van der Waals surface area contributed by atoms with Crippen LogP contribution in [-0.2, 0) is 11.0 Å². The van der Waals surface area contributed by atoms with Gasteiger partial charge in [0.2, 0.25) is 0 Å². The van der Waals surface area contributed by atoms with Crippen molar-refractivity contribution < 1.29 is 22.4 Å². The van der Waals surface area contributed by atoms with Crippen LogP contribution >= 0.6 is 0 Å². The van der Waals surface area contributed by atoms with E-state index in [4.69, 9.17) is 9.68 Å². The van der Waals surface area contributed by atoms with Crippen molar-refractivity contribution in [1.29, 1.82) is 5.26 Å². The number of alkyl halides is 3. The number of hydrogen-bond donors (Lipinski definition) is 1. The maximum atomic E-state index is 12.7. The molecule has 0 atom stereocenters. The highest BCUT2D eigenvalue weighted by molar-refractivity contribution is 6.01. The summed E-state index contributed by atoms with van der Waals surface area (Å²) in [5.74, 6) is -0.712. The van der Waals surface area contributed by atoms with Crippen molar-refractivity contribution in [1.82, 2.24) is 5.32 Å². The summed E-state index contributed by atoms with van der Waals surface area (Å²) in [5.41, 5.74) is -1.71. The molecule has 1 N–H and O–H groups in total. The molecule has 1 rings (SSSR count). The Labute approximate surface area is 113 Å². The Bertz CT molecular complexity index is 565. The fourth-order valence-corrected chi connectivity index (χ4v) is 1.49. The van der Waals surface area contributed by atoms with Gasteiger partial charge >= 0.3 is 6.18 Å². The fraction of sp³-hybridized carbons (Fsp3) is 0.385. The molecule has 1 aromatic rings. The van der Waals surface area contributed by atoms with Gasteiger partial charge in [0.05, 0.1) is 0 Å². The van der Waals surface area contributed by atoms with Crippen LogP contribution < -0.4 is 5.32 Å². The van der Waals surface area contributed by atoms with Crippen LogP contribution in [0.1, 0.15) is 30.2 Å². The molecule has 0 saturated heterocycles. The number of aryl methyl sites for hydroxylation is 1. The molecular formula is C13H13F3N2O2. The highest BCUT2D eigenvalue weighted by atomic mass is 19.4. The van der Waals surface area contributed by atoms with Gasteiger partial charge in [-0.1, -0.05) is 6.92 Å². The lowest BCUT2D eigenvalue weighted by Crippen LogP contribution is -2.25. The van der Waals surface area contributed by atoms with Gasteiger partial charge in [-0.2, -0.15) is 18.4 Å². The number of nitrogens with one attached hydrogen (secondary N) is 1. The molecule has 0 fully saturated rings. The Morgan fingerprint density at radius 1 is 1.55 bits per heavy atom. The Morgan fingerprint density at radius 3 is 2.70 bits per heavy atom. The van der Waals surface area contributed by atoms with Gasteiger partial charge in [-0.15, -0.1) is 0 Å². The number of carbonyl (C=O) groups excluding carboxylic acids is 1. The normalized spacial score (nSPS) is 12.1. The van der Waals surface area contributed by atoms with Crippen LogP contribution in [0.2, 0.25) is 0 Å². The largest absolute Gasteiger partial charge is 0.468 e. The summed E-state index contributed by atoms with van der Waals surface area (Å²) in [5, 5.41) is 11.3. The molecule has 0 bridgehead atoms. The molecule has 0 spiro atoms.